The second-order valence-electron chi connectivity index (χ2n) is 6.56. The van der Waals surface area contributed by atoms with Crippen LogP contribution in [0.15, 0.2) is 18.2 Å². The van der Waals surface area contributed by atoms with Crippen LogP contribution in [0.4, 0.5) is 0 Å². The molecular formula is C18H29ClN2O2. The molecule has 23 heavy (non-hydrogen) atoms. The van der Waals surface area contributed by atoms with Crippen molar-refractivity contribution in [1.82, 2.24) is 10.2 Å². The van der Waals surface area contributed by atoms with Crippen molar-refractivity contribution in [2.75, 3.05) is 19.7 Å². The summed E-state index contributed by atoms with van der Waals surface area (Å²) >= 11 is 0. The van der Waals surface area contributed by atoms with Gasteiger partial charge in [-0.2, -0.15) is 0 Å². The van der Waals surface area contributed by atoms with Gasteiger partial charge in [0.25, 0.3) is 5.91 Å². The van der Waals surface area contributed by atoms with Crippen LogP contribution in [-0.4, -0.2) is 42.6 Å². The molecule has 2 unspecified atom stereocenters. The van der Waals surface area contributed by atoms with E-state index >= 15 is 0 Å². The van der Waals surface area contributed by atoms with E-state index in [9.17, 15) is 4.79 Å². The minimum absolute atomic E-state index is 0. The van der Waals surface area contributed by atoms with Crippen LogP contribution in [0.3, 0.4) is 0 Å². The van der Waals surface area contributed by atoms with Gasteiger partial charge in [0.15, 0.2) is 6.61 Å². The summed E-state index contributed by atoms with van der Waals surface area (Å²) < 4.78 is 5.87. The molecular weight excluding hydrogens is 312 g/mol. The molecule has 1 heterocycles. The number of hydrogen-bond acceptors (Lipinski definition) is 3. The Morgan fingerprint density at radius 1 is 1.39 bits per heavy atom. The van der Waals surface area contributed by atoms with Crippen LogP contribution in [-0.2, 0) is 4.79 Å². The van der Waals surface area contributed by atoms with Gasteiger partial charge in [-0.05, 0) is 43.9 Å². The Morgan fingerprint density at radius 3 is 2.74 bits per heavy atom. The van der Waals surface area contributed by atoms with Crippen molar-refractivity contribution in [3.05, 3.63) is 29.3 Å². The summed E-state index contributed by atoms with van der Waals surface area (Å²) in [5.41, 5.74) is 2.30. The number of nitrogens with one attached hydrogen (secondary N) is 1. The zero-order chi connectivity index (χ0) is 16.3. The van der Waals surface area contributed by atoms with Crippen LogP contribution in [0.5, 0.6) is 5.75 Å². The molecule has 2 atom stereocenters. The summed E-state index contributed by atoms with van der Waals surface area (Å²) in [5, 5.41) is 3.39. The third kappa shape index (κ3) is 4.85. The molecule has 1 aliphatic heterocycles. The van der Waals surface area contributed by atoms with E-state index < -0.39 is 0 Å². The first-order valence-electron chi connectivity index (χ1n) is 8.16. The molecule has 130 valence electrons. The van der Waals surface area contributed by atoms with E-state index in [1.807, 2.05) is 17.9 Å². The molecule has 0 spiro atoms. The molecule has 4 nitrogen and oxygen atoms in total. The molecule has 1 saturated heterocycles. The van der Waals surface area contributed by atoms with Crippen molar-refractivity contribution < 1.29 is 9.53 Å². The van der Waals surface area contributed by atoms with Gasteiger partial charge >= 0.3 is 0 Å². The van der Waals surface area contributed by atoms with Gasteiger partial charge in [-0.1, -0.05) is 26.0 Å². The number of benzene rings is 1. The predicted molar refractivity (Wildman–Crippen MR) is 96.7 cm³/mol. The molecule has 1 amide bonds. The van der Waals surface area contributed by atoms with Gasteiger partial charge in [-0.15, -0.1) is 12.4 Å². The lowest BCUT2D eigenvalue weighted by Crippen LogP contribution is -2.58. The van der Waals surface area contributed by atoms with Crippen molar-refractivity contribution in [1.29, 1.82) is 0 Å². The van der Waals surface area contributed by atoms with Crippen LogP contribution in [0.1, 0.15) is 44.7 Å². The summed E-state index contributed by atoms with van der Waals surface area (Å²) in [6.07, 6.45) is 0. The van der Waals surface area contributed by atoms with Crippen molar-refractivity contribution in [3.63, 3.8) is 0 Å². The summed E-state index contributed by atoms with van der Waals surface area (Å²) in [5.74, 6) is 1.28. The topological polar surface area (TPSA) is 41.6 Å². The van der Waals surface area contributed by atoms with Crippen molar-refractivity contribution >= 4 is 18.3 Å². The highest BCUT2D eigenvalue weighted by atomic mass is 35.5. The van der Waals surface area contributed by atoms with Crippen molar-refractivity contribution in [3.8, 4) is 5.75 Å². The monoisotopic (exact) mass is 340 g/mol. The van der Waals surface area contributed by atoms with E-state index in [1.54, 1.807) is 0 Å². The van der Waals surface area contributed by atoms with Crippen molar-refractivity contribution in [2.45, 2.75) is 52.6 Å². The molecule has 1 N–H and O–H groups in total. The highest BCUT2D eigenvalue weighted by Gasteiger charge is 2.28. The molecule has 0 saturated carbocycles. The molecule has 1 aromatic carbocycles. The lowest BCUT2D eigenvalue weighted by Gasteiger charge is -2.38. The summed E-state index contributed by atoms with van der Waals surface area (Å²) in [4.78, 5) is 14.4. The Morgan fingerprint density at radius 2 is 2.09 bits per heavy atom. The normalized spacial score (nSPS) is 21.0. The van der Waals surface area contributed by atoms with Crippen LogP contribution in [0, 0.1) is 6.92 Å². The first kappa shape index (κ1) is 19.8. The first-order chi connectivity index (χ1) is 10.4. The largest absolute Gasteiger partial charge is 0.483 e. The zero-order valence-corrected chi connectivity index (χ0v) is 15.6. The summed E-state index contributed by atoms with van der Waals surface area (Å²) in [6.45, 7) is 12.2. The van der Waals surface area contributed by atoms with E-state index in [2.05, 4.69) is 45.1 Å². The van der Waals surface area contributed by atoms with Gasteiger partial charge in [-0.3, -0.25) is 4.79 Å². The van der Waals surface area contributed by atoms with Crippen LogP contribution in [0.25, 0.3) is 0 Å². The van der Waals surface area contributed by atoms with E-state index in [0.717, 1.165) is 30.0 Å². The quantitative estimate of drug-likeness (QED) is 0.915. The van der Waals surface area contributed by atoms with Crippen LogP contribution >= 0.6 is 12.4 Å². The Labute approximate surface area is 146 Å². The number of hydrogen-bond donors (Lipinski definition) is 1. The van der Waals surface area contributed by atoms with Gasteiger partial charge in [0, 0.05) is 25.2 Å². The molecule has 2 rings (SSSR count). The fourth-order valence-electron chi connectivity index (χ4n) is 2.87. The van der Waals surface area contributed by atoms with E-state index in [4.69, 9.17) is 4.74 Å². The zero-order valence-electron chi connectivity index (χ0n) is 14.8. The number of piperazine rings is 1. The summed E-state index contributed by atoms with van der Waals surface area (Å²) in [7, 11) is 0. The minimum atomic E-state index is 0. The average molecular weight is 341 g/mol. The summed E-state index contributed by atoms with van der Waals surface area (Å²) in [6, 6.07) is 6.72. The van der Waals surface area contributed by atoms with Gasteiger partial charge in [0.1, 0.15) is 5.75 Å². The molecule has 0 bridgehead atoms. The Kier molecular flexibility index (Phi) is 7.36. The maximum Gasteiger partial charge on any atom is 0.260 e. The Bertz CT molecular complexity index is 534. The van der Waals surface area contributed by atoms with E-state index in [-0.39, 0.29) is 31.0 Å². The highest BCUT2D eigenvalue weighted by molar-refractivity contribution is 5.85. The fraction of sp³-hybridized carbons (Fsp3) is 0.611. The highest BCUT2D eigenvalue weighted by Crippen LogP contribution is 2.27. The van der Waals surface area contributed by atoms with Gasteiger partial charge in [-0.25, -0.2) is 0 Å². The number of ether oxygens (including phenoxy) is 1. The SMILES string of the molecule is Cc1ccc(C(C)C)c(OCC(=O)N2CCNC(C)C2C)c1.Cl. The number of carbonyl (C=O) groups is 1. The molecule has 0 radical (unpaired) electrons. The van der Waals surface area contributed by atoms with Gasteiger partial charge in [0.2, 0.25) is 0 Å². The lowest BCUT2D eigenvalue weighted by molar-refractivity contribution is -0.137. The number of halogens is 1. The smallest absolute Gasteiger partial charge is 0.260 e. The number of rotatable bonds is 4. The van der Waals surface area contributed by atoms with Gasteiger partial charge < -0.3 is 15.0 Å². The lowest BCUT2D eigenvalue weighted by atomic mass is 10.0. The third-order valence-electron chi connectivity index (χ3n) is 4.50. The third-order valence-corrected chi connectivity index (χ3v) is 4.50. The van der Waals surface area contributed by atoms with Crippen LogP contribution < -0.4 is 10.1 Å². The number of amides is 1. The molecule has 1 fully saturated rings. The van der Waals surface area contributed by atoms with E-state index in [1.165, 1.54) is 0 Å². The second-order valence-corrected chi connectivity index (χ2v) is 6.56. The van der Waals surface area contributed by atoms with Gasteiger partial charge in [0.05, 0.1) is 0 Å². The molecule has 1 aliphatic rings. The molecule has 5 heteroatoms. The number of nitrogens with zero attached hydrogens (tertiary/aromatic N) is 1. The maximum absolute atomic E-state index is 12.5. The molecule has 0 aliphatic carbocycles. The minimum Gasteiger partial charge on any atom is -0.483 e. The molecule has 1 aromatic rings. The maximum atomic E-state index is 12.5. The van der Waals surface area contributed by atoms with Crippen LogP contribution in [0.2, 0.25) is 0 Å². The first-order valence-corrected chi connectivity index (χ1v) is 8.16. The Balaban J connectivity index is 0.00000264. The number of carbonyl (C=O) groups excluding carboxylic acids is 1. The van der Waals surface area contributed by atoms with E-state index in [0.29, 0.717) is 12.0 Å². The average Bonchev–Trinajstić information content (AvgIpc) is 2.47. The van der Waals surface area contributed by atoms with Crippen molar-refractivity contribution in [2.24, 2.45) is 0 Å². The standard InChI is InChI=1S/C18H28N2O2.ClH/c1-12(2)16-7-6-13(3)10-17(16)22-11-18(21)20-9-8-19-14(4)15(20)5;/h6-7,10,12,14-15,19H,8-9,11H2,1-5H3;1H. The predicted octanol–water partition coefficient (Wildman–Crippen LogP) is 3.13. The molecule has 0 aromatic heterocycles. The Hall–Kier alpha value is -1.26. The second kappa shape index (κ2) is 8.55. The fourth-order valence-corrected chi connectivity index (χ4v) is 2.87. The number of aryl methyl sites for hydroxylation is 1.